The molecule has 0 aliphatic rings. The number of Topliss-reactive ketones (excluding diaryl/α,β-unsaturated/α-hetero) is 1. The molecule has 5 heteroatoms. The van der Waals surface area contributed by atoms with Gasteiger partial charge in [0.2, 0.25) is 0 Å². The van der Waals surface area contributed by atoms with E-state index in [0.29, 0.717) is 17.5 Å². The Morgan fingerprint density at radius 3 is 2.62 bits per heavy atom. The second kappa shape index (κ2) is 6.74. The van der Waals surface area contributed by atoms with Crippen LogP contribution < -0.4 is 0 Å². The summed E-state index contributed by atoms with van der Waals surface area (Å²) in [5.41, 5.74) is 3.84. The molecule has 1 aromatic carbocycles. The van der Waals surface area contributed by atoms with Gasteiger partial charge in [0, 0.05) is 29.4 Å². The second-order valence-electron chi connectivity index (χ2n) is 4.81. The van der Waals surface area contributed by atoms with Gasteiger partial charge in [0.05, 0.1) is 5.75 Å². The molecule has 0 fully saturated rings. The predicted molar refractivity (Wildman–Crippen MR) is 83.5 cm³/mol. The highest BCUT2D eigenvalue weighted by atomic mass is 32.2. The molecule has 2 aromatic rings. The Bertz CT molecular complexity index is 680. The largest absolute Gasteiger partial charge is 0.306 e. The summed E-state index contributed by atoms with van der Waals surface area (Å²) in [5, 5.41) is 0. The molecule has 2 rings (SSSR count). The van der Waals surface area contributed by atoms with Crippen molar-refractivity contribution in [1.82, 2.24) is 4.98 Å². The van der Waals surface area contributed by atoms with Crippen LogP contribution in [0.1, 0.15) is 35.0 Å². The molecular weight excluding hydrogens is 286 g/mol. The first-order valence-corrected chi connectivity index (χ1v) is 7.95. The minimum atomic E-state index is -1.92. The van der Waals surface area contributed by atoms with Crippen molar-refractivity contribution in [2.75, 3.05) is 0 Å². The Kier molecular flexibility index (Phi) is 4.98. The van der Waals surface area contributed by atoms with Crippen LogP contribution in [-0.2, 0) is 16.8 Å². The third kappa shape index (κ3) is 3.83. The van der Waals surface area contributed by atoms with Gasteiger partial charge in [-0.15, -0.1) is 0 Å². The van der Waals surface area contributed by atoms with Crippen molar-refractivity contribution in [3.63, 3.8) is 0 Å². The van der Waals surface area contributed by atoms with Gasteiger partial charge in [-0.25, -0.2) is 4.21 Å². The molecule has 0 spiro atoms. The van der Waals surface area contributed by atoms with Crippen LogP contribution in [0.2, 0.25) is 0 Å². The van der Waals surface area contributed by atoms with E-state index in [0.717, 1.165) is 16.8 Å². The van der Waals surface area contributed by atoms with E-state index in [4.69, 9.17) is 4.55 Å². The Morgan fingerprint density at radius 2 is 2.05 bits per heavy atom. The maximum atomic E-state index is 12.2. The summed E-state index contributed by atoms with van der Waals surface area (Å²) < 4.78 is 19.9. The van der Waals surface area contributed by atoms with Gasteiger partial charge in [-0.1, -0.05) is 25.1 Å². The zero-order chi connectivity index (χ0) is 15.4. The fraction of sp³-hybridized carbons (Fsp3) is 0.250. The third-order valence-electron chi connectivity index (χ3n) is 3.22. The van der Waals surface area contributed by atoms with E-state index in [-0.39, 0.29) is 11.5 Å². The lowest BCUT2D eigenvalue weighted by Crippen LogP contribution is -2.03. The van der Waals surface area contributed by atoms with E-state index in [1.807, 2.05) is 25.1 Å². The van der Waals surface area contributed by atoms with E-state index >= 15 is 0 Å². The molecule has 0 saturated carbocycles. The molecule has 0 radical (unpaired) electrons. The monoisotopic (exact) mass is 303 g/mol. The highest BCUT2D eigenvalue weighted by molar-refractivity contribution is 7.78. The van der Waals surface area contributed by atoms with Gasteiger partial charge in [-0.2, -0.15) is 0 Å². The quantitative estimate of drug-likeness (QED) is 0.679. The Hall–Kier alpha value is -1.85. The summed E-state index contributed by atoms with van der Waals surface area (Å²) in [6.07, 6.45) is 2.12. The summed E-state index contributed by atoms with van der Waals surface area (Å²) in [6.45, 7) is 3.71. The number of aromatic nitrogens is 1. The van der Waals surface area contributed by atoms with Crippen molar-refractivity contribution >= 4 is 16.9 Å². The summed E-state index contributed by atoms with van der Waals surface area (Å²) in [6, 6.07) is 9.11. The number of benzene rings is 1. The zero-order valence-corrected chi connectivity index (χ0v) is 12.8. The van der Waals surface area contributed by atoms with Crippen LogP contribution in [0.25, 0.3) is 11.1 Å². The van der Waals surface area contributed by atoms with Gasteiger partial charge in [-0.05, 0) is 30.2 Å². The zero-order valence-electron chi connectivity index (χ0n) is 12.0. The van der Waals surface area contributed by atoms with Crippen LogP contribution >= 0.6 is 0 Å². The lowest BCUT2D eigenvalue weighted by atomic mass is 9.95. The van der Waals surface area contributed by atoms with Crippen molar-refractivity contribution in [3.05, 3.63) is 53.3 Å². The first-order valence-electron chi connectivity index (χ1n) is 6.68. The predicted octanol–water partition coefficient (Wildman–Crippen LogP) is 3.37. The number of carbonyl (C=O) groups excluding carboxylic acids is 1. The topological polar surface area (TPSA) is 67.3 Å². The minimum absolute atomic E-state index is 0.0103. The number of aryl methyl sites for hydroxylation is 1. The molecular formula is C16H17NO3S. The highest BCUT2D eigenvalue weighted by Crippen LogP contribution is 2.26. The Labute approximate surface area is 126 Å². The molecule has 0 aliphatic carbocycles. The molecule has 1 heterocycles. The van der Waals surface area contributed by atoms with Crippen LogP contribution in [-0.4, -0.2) is 19.5 Å². The van der Waals surface area contributed by atoms with Crippen molar-refractivity contribution in [3.8, 4) is 11.1 Å². The summed E-state index contributed by atoms with van der Waals surface area (Å²) >= 11 is -1.92. The normalized spacial score (nSPS) is 12.1. The van der Waals surface area contributed by atoms with Gasteiger partial charge in [-0.3, -0.25) is 9.78 Å². The second-order valence-corrected chi connectivity index (χ2v) is 5.74. The lowest BCUT2D eigenvalue weighted by molar-refractivity contribution is 0.0988. The maximum absolute atomic E-state index is 12.2. The van der Waals surface area contributed by atoms with E-state index < -0.39 is 11.1 Å². The number of carbonyl (C=O) groups is 1. The average Bonchev–Trinajstić information content (AvgIpc) is 2.47. The number of rotatable bonds is 5. The van der Waals surface area contributed by atoms with Gasteiger partial charge >= 0.3 is 0 Å². The molecule has 4 nitrogen and oxygen atoms in total. The highest BCUT2D eigenvalue weighted by Gasteiger charge is 2.13. The van der Waals surface area contributed by atoms with Crippen molar-refractivity contribution in [1.29, 1.82) is 0 Å². The summed E-state index contributed by atoms with van der Waals surface area (Å²) in [5.74, 6) is 0.0345. The average molecular weight is 303 g/mol. The smallest absolute Gasteiger partial charge is 0.163 e. The van der Waals surface area contributed by atoms with Gasteiger partial charge in [0.25, 0.3) is 0 Å². The van der Waals surface area contributed by atoms with Gasteiger partial charge in [0.1, 0.15) is 0 Å². The Morgan fingerprint density at radius 1 is 1.29 bits per heavy atom. The fourth-order valence-corrected chi connectivity index (χ4v) is 2.59. The molecule has 0 amide bonds. The summed E-state index contributed by atoms with van der Waals surface area (Å²) in [4.78, 5) is 16.4. The van der Waals surface area contributed by atoms with E-state index in [2.05, 4.69) is 4.98 Å². The lowest BCUT2D eigenvalue weighted by Gasteiger charge is -2.10. The number of hydrogen-bond acceptors (Lipinski definition) is 3. The van der Waals surface area contributed by atoms with Crippen molar-refractivity contribution in [2.45, 2.75) is 26.0 Å². The number of ketones is 1. The van der Waals surface area contributed by atoms with E-state index in [9.17, 15) is 9.00 Å². The molecule has 110 valence electrons. The molecule has 0 aliphatic heterocycles. The standard InChI is InChI=1S/C16H17NO3S/c1-3-16(18)15-8-12(10-21(19)20)5-7-14(15)13-6-4-11(2)17-9-13/h4-9H,3,10H2,1-2H3,(H,19,20). The van der Waals surface area contributed by atoms with Gasteiger partial charge < -0.3 is 4.55 Å². The van der Waals surface area contributed by atoms with E-state index in [1.54, 1.807) is 25.3 Å². The van der Waals surface area contributed by atoms with Crippen LogP contribution in [0.4, 0.5) is 0 Å². The molecule has 0 saturated heterocycles. The third-order valence-corrected chi connectivity index (χ3v) is 3.80. The summed E-state index contributed by atoms with van der Waals surface area (Å²) in [7, 11) is 0. The van der Waals surface area contributed by atoms with Crippen LogP contribution in [0.5, 0.6) is 0 Å². The molecule has 1 aromatic heterocycles. The van der Waals surface area contributed by atoms with Crippen LogP contribution in [0.3, 0.4) is 0 Å². The number of pyridine rings is 1. The molecule has 1 atom stereocenters. The van der Waals surface area contributed by atoms with E-state index in [1.165, 1.54) is 0 Å². The van der Waals surface area contributed by atoms with Crippen molar-refractivity contribution < 1.29 is 13.6 Å². The SMILES string of the molecule is CCC(=O)c1cc(CS(=O)O)ccc1-c1ccc(C)nc1. The Balaban J connectivity index is 2.51. The first-order chi connectivity index (χ1) is 10.0. The maximum Gasteiger partial charge on any atom is 0.163 e. The fourth-order valence-electron chi connectivity index (χ4n) is 2.12. The van der Waals surface area contributed by atoms with Crippen molar-refractivity contribution in [2.24, 2.45) is 0 Å². The first kappa shape index (κ1) is 15.5. The van der Waals surface area contributed by atoms with Crippen LogP contribution in [0, 0.1) is 6.92 Å². The minimum Gasteiger partial charge on any atom is -0.306 e. The molecule has 21 heavy (non-hydrogen) atoms. The molecule has 1 unspecified atom stereocenters. The molecule has 0 bridgehead atoms. The van der Waals surface area contributed by atoms with Gasteiger partial charge in [0.15, 0.2) is 16.9 Å². The number of hydrogen-bond donors (Lipinski definition) is 1. The van der Waals surface area contributed by atoms with Crippen LogP contribution in [0.15, 0.2) is 36.5 Å². The molecule has 1 N–H and O–H groups in total. The number of nitrogens with zero attached hydrogens (tertiary/aromatic N) is 1.